The average molecular weight is 307 g/mol. The van der Waals surface area contributed by atoms with Gasteiger partial charge in [-0.3, -0.25) is 4.79 Å². The lowest BCUT2D eigenvalue weighted by Crippen LogP contribution is -2.32. The standard InChI is InChI=1S/C12H21NO6S/c1-9(2)19-11(14)10-4-5-13(8-10)12(15)18-6-7-20(3,16)17/h9-10H,4-8H2,1-3H3. The predicted molar refractivity (Wildman–Crippen MR) is 72.0 cm³/mol. The van der Waals surface area contributed by atoms with Crippen molar-refractivity contribution >= 4 is 21.9 Å². The first-order chi connectivity index (χ1) is 9.19. The number of carbonyl (C=O) groups is 2. The second-order valence-corrected chi connectivity index (χ2v) is 7.42. The lowest BCUT2D eigenvalue weighted by atomic mass is 10.1. The maximum absolute atomic E-state index is 11.7. The number of likely N-dealkylation sites (tertiary alicyclic amines) is 1. The molecule has 1 rings (SSSR count). The first-order valence-electron chi connectivity index (χ1n) is 6.49. The van der Waals surface area contributed by atoms with Gasteiger partial charge in [0.25, 0.3) is 0 Å². The van der Waals surface area contributed by atoms with E-state index in [1.165, 1.54) is 4.90 Å². The molecule has 1 fully saturated rings. The SMILES string of the molecule is CC(C)OC(=O)C1CCN(C(=O)OCCS(C)(=O)=O)C1. The number of rotatable bonds is 5. The van der Waals surface area contributed by atoms with Gasteiger partial charge in [0.2, 0.25) is 0 Å². The first kappa shape index (κ1) is 16.7. The summed E-state index contributed by atoms with van der Waals surface area (Å²) in [6, 6.07) is 0. The second kappa shape index (κ2) is 6.92. The number of hydrogen-bond acceptors (Lipinski definition) is 6. The summed E-state index contributed by atoms with van der Waals surface area (Å²) < 4.78 is 31.8. The highest BCUT2D eigenvalue weighted by molar-refractivity contribution is 7.90. The molecule has 1 heterocycles. The Kier molecular flexibility index (Phi) is 5.79. The van der Waals surface area contributed by atoms with E-state index in [9.17, 15) is 18.0 Å². The van der Waals surface area contributed by atoms with Crippen molar-refractivity contribution in [3.8, 4) is 0 Å². The molecule has 0 aromatic heterocycles. The molecular formula is C12H21NO6S. The number of nitrogens with zero attached hydrogens (tertiary/aromatic N) is 1. The fourth-order valence-electron chi connectivity index (χ4n) is 1.82. The van der Waals surface area contributed by atoms with Gasteiger partial charge in [0.05, 0.1) is 17.8 Å². The highest BCUT2D eigenvalue weighted by Crippen LogP contribution is 2.19. The van der Waals surface area contributed by atoms with Crippen molar-refractivity contribution in [3.63, 3.8) is 0 Å². The molecular weight excluding hydrogens is 286 g/mol. The molecule has 116 valence electrons. The summed E-state index contributed by atoms with van der Waals surface area (Å²) in [4.78, 5) is 24.8. The van der Waals surface area contributed by atoms with Gasteiger partial charge < -0.3 is 14.4 Å². The normalized spacial score (nSPS) is 19.2. The van der Waals surface area contributed by atoms with E-state index in [1.54, 1.807) is 13.8 Å². The van der Waals surface area contributed by atoms with Crippen LogP contribution in [-0.2, 0) is 24.1 Å². The minimum absolute atomic E-state index is 0.171. The Morgan fingerprint density at radius 2 is 2.00 bits per heavy atom. The van der Waals surface area contributed by atoms with Crippen LogP contribution in [0.25, 0.3) is 0 Å². The average Bonchev–Trinajstić information content (AvgIpc) is 2.75. The number of amides is 1. The van der Waals surface area contributed by atoms with Crippen LogP contribution in [0.15, 0.2) is 0 Å². The minimum Gasteiger partial charge on any atom is -0.463 e. The van der Waals surface area contributed by atoms with Crippen LogP contribution in [0.1, 0.15) is 20.3 Å². The van der Waals surface area contributed by atoms with Crippen LogP contribution in [0.2, 0.25) is 0 Å². The van der Waals surface area contributed by atoms with E-state index >= 15 is 0 Å². The number of ether oxygens (including phenoxy) is 2. The maximum atomic E-state index is 11.7. The van der Waals surface area contributed by atoms with Gasteiger partial charge in [-0.2, -0.15) is 0 Å². The van der Waals surface area contributed by atoms with Gasteiger partial charge in [-0.1, -0.05) is 0 Å². The maximum Gasteiger partial charge on any atom is 0.409 e. The molecule has 0 aromatic carbocycles. The monoisotopic (exact) mass is 307 g/mol. The van der Waals surface area contributed by atoms with Crippen LogP contribution < -0.4 is 0 Å². The Morgan fingerprint density at radius 1 is 1.35 bits per heavy atom. The van der Waals surface area contributed by atoms with E-state index in [0.717, 1.165) is 6.26 Å². The van der Waals surface area contributed by atoms with E-state index in [-0.39, 0.29) is 36.9 Å². The Hall–Kier alpha value is -1.31. The molecule has 1 amide bonds. The Morgan fingerprint density at radius 3 is 2.55 bits per heavy atom. The van der Waals surface area contributed by atoms with Crippen molar-refractivity contribution in [2.75, 3.05) is 31.7 Å². The van der Waals surface area contributed by atoms with E-state index in [1.807, 2.05) is 0 Å². The van der Waals surface area contributed by atoms with Crippen LogP contribution in [0.5, 0.6) is 0 Å². The molecule has 20 heavy (non-hydrogen) atoms. The quantitative estimate of drug-likeness (QED) is 0.685. The van der Waals surface area contributed by atoms with Crippen LogP contribution in [0.4, 0.5) is 4.79 Å². The molecule has 8 heteroatoms. The van der Waals surface area contributed by atoms with Crippen molar-refractivity contribution in [1.82, 2.24) is 4.90 Å². The topological polar surface area (TPSA) is 90.0 Å². The van der Waals surface area contributed by atoms with E-state index in [2.05, 4.69) is 0 Å². The third-order valence-electron chi connectivity index (χ3n) is 2.81. The zero-order chi connectivity index (χ0) is 15.3. The molecule has 0 saturated carbocycles. The van der Waals surface area contributed by atoms with Crippen LogP contribution >= 0.6 is 0 Å². The second-order valence-electron chi connectivity index (χ2n) is 5.16. The fraction of sp³-hybridized carbons (Fsp3) is 0.833. The third-order valence-corrected chi connectivity index (χ3v) is 3.72. The lowest BCUT2D eigenvalue weighted by molar-refractivity contribution is -0.151. The molecule has 1 unspecified atom stereocenters. The molecule has 7 nitrogen and oxygen atoms in total. The van der Waals surface area contributed by atoms with Gasteiger partial charge in [0.15, 0.2) is 9.84 Å². The number of sulfone groups is 1. The number of esters is 1. The minimum atomic E-state index is -3.15. The largest absolute Gasteiger partial charge is 0.463 e. The van der Waals surface area contributed by atoms with Crippen LogP contribution in [-0.4, -0.2) is 63.2 Å². The summed E-state index contributed by atoms with van der Waals surface area (Å²) >= 11 is 0. The van der Waals surface area contributed by atoms with Gasteiger partial charge in [-0.25, -0.2) is 13.2 Å². The summed E-state index contributed by atoms with van der Waals surface area (Å²) in [5, 5.41) is 0. The number of hydrogen-bond donors (Lipinski definition) is 0. The fourth-order valence-corrected chi connectivity index (χ4v) is 2.20. The van der Waals surface area contributed by atoms with Crippen molar-refractivity contribution < 1.29 is 27.5 Å². The Labute approximate surface area is 119 Å². The highest BCUT2D eigenvalue weighted by Gasteiger charge is 2.33. The van der Waals surface area contributed by atoms with E-state index in [0.29, 0.717) is 13.0 Å². The van der Waals surface area contributed by atoms with Crippen molar-refractivity contribution in [2.24, 2.45) is 5.92 Å². The van der Waals surface area contributed by atoms with Gasteiger partial charge in [0, 0.05) is 19.3 Å². The van der Waals surface area contributed by atoms with Crippen LogP contribution in [0.3, 0.4) is 0 Å². The van der Waals surface area contributed by atoms with Gasteiger partial charge in [0.1, 0.15) is 6.61 Å². The van der Waals surface area contributed by atoms with E-state index in [4.69, 9.17) is 9.47 Å². The predicted octanol–water partition coefficient (Wildman–Crippen LogP) is 0.441. The van der Waals surface area contributed by atoms with Crippen molar-refractivity contribution in [1.29, 1.82) is 0 Å². The first-order valence-corrected chi connectivity index (χ1v) is 8.55. The molecule has 0 N–H and O–H groups in total. The molecule has 0 aliphatic carbocycles. The molecule has 0 radical (unpaired) electrons. The molecule has 1 atom stereocenters. The molecule has 0 bridgehead atoms. The van der Waals surface area contributed by atoms with Gasteiger partial charge in [-0.15, -0.1) is 0 Å². The highest BCUT2D eigenvalue weighted by atomic mass is 32.2. The zero-order valence-corrected chi connectivity index (χ0v) is 12.8. The molecule has 1 aliphatic rings. The third kappa shape index (κ3) is 5.77. The van der Waals surface area contributed by atoms with Crippen molar-refractivity contribution in [3.05, 3.63) is 0 Å². The zero-order valence-electron chi connectivity index (χ0n) is 12.0. The Balaban J connectivity index is 2.36. The molecule has 1 saturated heterocycles. The number of carbonyl (C=O) groups excluding carboxylic acids is 2. The van der Waals surface area contributed by atoms with Gasteiger partial charge in [-0.05, 0) is 20.3 Å². The summed E-state index contributed by atoms with van der Waals surface area (Å²) in [6.45, 7) is 4.03. The summed E-state index contributed by atoms with van der Waals surface area (Å²) in [7, 11) is -3.15. The molecule has 1 aliphatic heterocycles. The summed E-state index contributed by atoms with van der Waals surface area (Å²) in [6.07, 6.45) is 0.841. The smallest absolute Gasteiger partial charge is 0.409 e. The molecule has 0 aromatic rings. The van der Waals surface area contributed by atoms with Gasteiger partial charge >= 0.3 is 12.1 Å². The summed E-state index contributed by atoms with van der Waals surface area (Å²) in [5.41, 5.74) is 0. The summed E-state index contributed by atoms with van der Waals surface area (Å²) in [5.74, 6) is -0.850. The van der Waals surface area contributed by atoms with Crippen LogP contribution in [0, 0.1) is 5.92 Å². The van der Waals surface area contributed by atoms with Crippen molar-refractivity contribution in [2.45, 2.75) is 26.4 Å². The molecule has 0 spiro atoms. The van der Waals surface area contributed by atoms with E-state index < -0.39 is 15.9 Å². The lowest BCUT2D eigenvalue weighted by Gasteiger charge is -2.16. The Bertz CT molecular complexity index is 459.